The van der Waals surface area contributed by atoms with Gasteiger partial charge in [0.15, 0.2) is 0 Å². The van der Waals surface area contributed by atoms with Crippen LogP contribution < -0.4 is 4.74 Å². The molecule has 0 unspecified atom stereocenters. The number of rotatable bonds is 5. The third kappa shape index (κ3) is 3.78. The molecule has 0 spiro atoms. The fourth-order valence-corrected chi connectivity index (χ4v) is 2.33. The molecule has 0 heterocycles. The average molecular weight is 335 g/mol. The van der Waals surface area contributed by atoms with E-state index in [0.29, 0.717) is 5.02 Å². The number of amides is 1. The summed E-state index contributed by atoms with van der Waals surface area (Å²) in [5.74, 6) is -0.0999. The van der Waals surface area contributed by atoms with E-state index in [4.69, 9.17) is 16.3 Å². The van der Waals surface area contributed by atoms with Crippen molar-refractivity contribution in [2.45, 2.75) is 6.54 Å². The second-order valence-electron chi connectivity index (χ2n) is 4.89. The third-order valence-electron chi connectivity index (χ3n) is 3.34. The van der Waals surface area contributed by atoms with Gasteiger partial charge in [-0.1, -0.05) is 29.8 Å². The molecule has 0 aliphatic heterocycles. The van der Waals surface area contributed by atoms with E-state index in [1.807, 2.05) is 12.1 Å². The lowest BCUT2D eigenvalue weighted by Crippen LogP contribution is -2.26. The van der Waals surface area contributed by atoms with Gasteiger partial charge in [-0.05, 0) is 17.7 Å². The van der Waals surface area contributed by atoms with Gasteiger partial charge in [0.05, 0.1) is 17.6 Å². The zero-order valence-corrected chi connectivity index (χ0v) is 13.4. The molecule has 2 aromatic rings. The number of nitro benzene ring substituents is 1. The van der Waals surface area contributed by atoms with Crippen LogP contribution in [0.1, 0.15) is 15.9 Å². The summed E-state index contributed by atoms with van der Waals surface area (Å²) in [4.78, 5) is 24.4. The van der Waals surface area contributed by atoms with Crippen LogP contribution in [0.5, 0.6) is 5.75 Å². The SMILES string of the molecule is COc1ccc([N+](=O)[O-])cc1C(=O)N(C)Cc1ccccc1Cl. The Morgan fingerprint density at radius 1 is 1.30 bits per heavy atom. The van der Waals surface area contributed by atoms with Gasteiger partial charge < -0.3 is 9.64 Å². The first kappa shape index (κ1) is 16.8. The predicted molar refractivity (Wildman–Crippen MR) is 86.9 cm³/mol. The second-order valence-corrected chi connectivity index (χ2v) is 5.30. The molecule has 23 heavy (non-hydrogen) atoms. The molecule has 0 aromatic heterocycles. The molecule has 0 aliphatic carbocycles. The summed E-state index contributed by atoms with van der Waals surface area (Å²) in [5, 5.41) is 11.5. The summed E-state index contributed by atoms with van der Waals surface area (Å²) < 4.78 is 5.13. The van der Waals surface area contributed by atoms with Crippen LogP contribution in [0.15, 0.2) is 42.5 Å². The highest BCUT2D eigenvalue weighted by molar-refractivity contribution is 6.31. The predicted octanol–water partition coefficient (Wildman–Crippen LogP) is 3.53. The van der Waals surface area contributed by atoms with Gasteiger partial charge in [-0.3, -0.25) is 14.9 Å². The first-order valence-corrected chi connectivity index (χ1v) is 7.13. The summed E-state index contributed by atoms with van der Waals surface area (Å²) in [6.07, 6.45) is 0. The molecular weight excluding hydrogens is 320 g/mol. The first-order chi connectivity index (χ1) is 10.9. The minimum absolute atomic E-state index is 0.135. The maximum atomic E-state index is 12.6. The quantitative estimate of drug-likeness (QED) is 0.619. The molecule has 0 saturated heterocycles. The number of carbonyl (C=O) groups is 1. The van der Waals surface area contributed by atoms with Crippen LogP contribution in [0.3, 0.4) is 0 Å². The second kappa shape index (κ2) is 7.11. The van der Waals surface area contributed by atoms with E-state index in [9.17, 15) is 14.9 Å². The smallest absolute Gasteiger partial charge is 0.270 e. The van der Waals surface area contributed by atoms with E-state index in [1.165, 1.54) is 30.2 Å². The molecule has 2 aromatic carbocycles. The van der Waals surface area contributed by atoms with Crippen molar-refractivity contribution < 1.29 is 14.5 Å². The normalized spacial score (nSPS) is 10.2. The van der Waals surface area contributed by atoms with Gasteiger partial charge in [0.25, 0.3) is 11.6 Å². The van der Waals surface area contributed by atoms with Crippen molar-refractivity contribution >= 4 is 23.2 Å². The highest BCUT2D eigenvalue weighted by atomic mass is 35.5. The lowest BCUT2D eigenvalue weighted by molar-refractivity contribution is -0.384. The monoisotopic (exact) mass is 334 g/mol. The molecule has 120 valence electrons. The van der Waals surface area contributed by atoms with E-state index in [2.05, 4.69) is 0 Å². The number of carbonyl (C=O) groups excluding carboxylic acids is 1. The van der Waals surface area contributed by atoms with Crippen molar-refractivity contribution in [1.82, 2.24) is 4.90 Å². The minimum atomic E-state index is -0.551. The number of non-ortho nitro benzene ring substituents is 1. The van der Waals surface area contributed by atoms with E-state index < -0.39 is 4.92 Å². The van der Waals surface area contributed by atoms with Gasteiger partial charge in [-0.25, -0.2) is 0 Å². The Morgan fingerprint density at radius 2 is 2.00 bits per heavy atom. The van der Waals surface area contributed by atoms with Gasteiger partial charge in [-0.2, -0.15) is 0 Å². The van der Waals surface area contributed by atoms with Crippen molar-refractivity contribution in [3.05, 3.63) is 68.7 Å². The Hall–Kier alpha value is -2.60. The van der Waals surface area contributed by atoms with Crippen molar-refractivity contribution in [1.29, 1.82) is 0 Å². The topological polar surface area (TPSA) is 72.7 Å². The molecule has 7 heteroatoms. The average Bonchev–Trinajstić information content (AvgIpc) is 2.55. The van der Waals surface area contributed by atoms with Crippen molar-refractivity contribution in [2.24, 2.45) is 0 Å². The van der Waals surface area contributed by atoms with Crippen LogP contribution in [0.2, 0.25) is 5.02 Å². The van der Waals surface area contributed by atoms with E-state index >= 15 is 0 Å². The van der Waals surface area contributed by atoms with Gasteiger partial charge in [0, 0.05) is 30.7 Å². The highest BCUT2D eigenvalue weighted by Crippen LogP contribution is 2.26. The molecule has 1 amide bonds. The standard InChI is InChI=1S/C16H15ClN2O4/c1-18(10-11-5-3-4-6-14(11)17)16(20)13-9-12(19(21)22)7-8-15(13)23-2/h3-9H,10H2,1-2H3. The van der Waals surface area contributed by atoms with Crippen molar-refractivity contribution in [3.63, 3.8) is 0 Å². The van der Waals surface area contributed by atoms with Gasteiger partial charge in [0.2, 0.25) is 0 Å². The van der Waals surface area contributed by atoms with Gasteiger partial charge >= 0.3 is 0 Å². The molecule has 0 N–H and O–H groups in total. The number of halogens is 1. The molecule has 2 rings (SSSR count). The molecular formula is C16H15ClN2O4. The Morgan fingerprint density at radius 3 is 2.61 bits per heavy atom. The van der Waals surface area contributed by atoms with Crippen molar-refractivity contribution in [3.8, 4) is 5.75 Å². The Bertz CT molecular complexity index is 749. The van der Waals surface area contributed by atoms with Crippen LogP contribution in [-0.2, 0) is 6.54 Å². The molecule has 0 fully saturated rings. The number of benzene rings is 2. The number of nitro groups is 1. The molecule has 0 saturated carbocycles. The largest absolute Gasteiger partial charge is 0.496 e. The van der Waals surface area contributed by atoms with Crippen LogP contribution in [-0.4, -0.2) is 29.9 Å². The van der Waals surface area contributed by atoms with Crippen LogP contribution in [0, 0.1) is 10.1 Å². The molecule has 0 atom stereocenters. The molecule has 0 radical (unpaired) electrons. The number of nitrogens with zero attached hydrogens (tertiary/aromatic N) is 2. The summed E-state index contributed by atoms with van der Waals surface area (Å²) >= 11 is 6.09. The Balaban J connectivity index is 2.30. The van der Waals surface area contributed by atoms with Crippen molar-refractivity contribution in [2.75, 3.05) is 14.2 Å². The zero-order valence-electron chi connectivity index (χ0n) is 12.7. The highest BCUT2D eigenvalue weighted by Gasteiger charge is 2.21. The van der Waals surface area contributed by atoms with Gasteiger partial charge in [-0.15, -0.1) is 0 Å². The maximum Gasteiger partial charge on any atom is 0.270 e. The fourth-order valence-electron chi connectivity index (χ4n) is 2.14. The Kier molecular flexibility index (Phi) is 5.18. The lowest BCUT2D eigenvalue weighted by Gasteiger charge is -2.19. The van der Waals surface area contributed by atoms with Crippen LogP contribution in [0.4, 0.5) is 5.69 Å². The number of hydrogen-bond donors (Lipinski definition) is 0. The maximum absolute atomic E-state index is 12.6. The number of methoxy groups -OCH3 is 1. The van der Waals surface area contributed by atoms with Crippen LogP contribution in [0.25, 0.3) is 0 Å². The lowest BCUT2D eigenvalue weighted by atomic mass is 10.1. The number of ether oxygens (including phenoxy) is 1. The van der Waals surface area contributed by atoms with Gasteiger partial charge in [0.1, 0.15) is 5.75 Å². The Labute approximate surface area is 138 Å². The first-order valence-electron chi connectivity index (χ1n) is 6.75. The summed E-state index contributed by atoms with van der Waals surface area (Å²) in [5.41, 5.74) is 0.756. The third-order valence-corrected chi connectivity index (χ3v) is 3.71. The molecule has 0 bridgehead atoms. The minimum Gasteiger partial charge on any atom is -0.496 e. The summed E-state index contributed by atoms with van der Waals surface area (Å²) in [7, 11) is 3.01. The van der Waals surface area contributed by atoms with E-state index in [-0.39, 0.29) is 29.5 Å². The summed E-state index contributed by atoms with van der Waals surface area (Å²) in [6.45, 7) is 0.282. The summed E-state index contributed by atoms with van der Waals surface area (Å²) in [6, 6.07) is 11.1. The van der Waals surface area contributed by atoms with E-state index in [0.717, 1.165) is 5.56 Å². The van der Waals surface area contributed by atoms with Crippen LogP contribution >= 0.6 is 11.6 Å². The fraction of sp³-hybridized carbons (Fsp3) is 0.188. The molecule has 0 aliphatic rings. The molecule has 6 nitrogen and oxygen atoms in total. The number of hydrogen-bond acceptors (Lipinski definition) is 4. The zero-order chi connectivity index (χ0) is 17.0. The van der Waals surface area contributed by atoms with E-state index in [1.54, 1.807) is 19.2 Å².